The van der Waals surface area contributed by atoms with Crippen molar-refractivity contribution in [3.8, 4) is 44.8 Å². The second-order valence-electron chi connectivity index (χ2n) is 20.9. The molecule has 4 unspecified atom stereocenters. The highest BCUT2D eigenvalue weighted by molar-refractivity contribution is 6.01. The van der Waals surface area contributed by atoms with Gasteiger partial charge >= 0.3 is 5.97 Å². The van der Waals surface area contributed by atoms with E-state index in [0.717, 1.165) is 82.5 Å². The molecule has 8 aromatic heterocycles. The normalized spacial score (nSPS) is 19.9. The summed E-state index contributed by atoms with van der Waals surface area (Å²) in [5.74, 6) is -0.489. The molecule has 4 bridgehead atoms. The van der Waals surface area contributed by atoms with Gasteiger partial charge in [0.2, 0.25) is 11.6 Å². The Bertz CT molecular complexity index is 3920. The SMILES string of the molecule is CC(=O)c1c(C2CC3CCC(C2)N3)nc2c(-c3ccc(-c4ccccc4)nc3)cnn2c1N.CC(=O)c1c(C2CC3CCC(C2)N3C(=O)c2ncn[nH]2)nc2c(-c3ccc(-c4ccccc4)nc3)cnn2c1N.O=C(O)c1ncn[nH]1. The zero-order valence-electron chi connectivity index (χ0n) is 44.2. The predicted molar refractivity (Wildman–Crippen MR) is 299 cm³/mol. The fraction of sp³-hybridized carbons (Fsp3) is 0.276. The first kappa shape index (κ1) is 51.8. The van der Waals surface area contributed by atoms with E-state index in [9.17, 15) is 19.2 Å². The number of carbonyl (C=O) groups is 4. The van der Waals surface area contributed by atoms with Crippen molar-refractivity contribution in [2.45, 2.75) is 101 Å². The minimum atomic E-state index is -1.09. The molecule has 0 aliphatic carbocycles. The van der Waals surface area contributed by atoms with Crippen LogP contribution in [0, 0.1) is 0 Å². The lowest BCUT2D eigenvalue weighted by Gasteiger charge is -2.38. The second kappa shape index (κ2) is 21.7. The van der Waals surface area contributed by atoms with Crippen LogP contribution >= 0.6 is 0 Å². The Labute approximate surface area is 462 Å². The van der Waals surface area contributed by atoms with Crippen molar-refractivity contribution < 1.29 is 24.3 Å². The molecule has 12 heterocycles. The number of hydrogen-bond acceptors (Lipinski definition) is 17. The Balaban J connectivity index is 0.000000143. The Kier molecular flexibility index (Phi) is 13.9. The third kappa shape index (κ3) is 10.0. The summed E-state index contributed by atoms with van der Waals surface area (Å²) in [4.78, 5) is 77.3. The number of nitrogens with zero attached hydrogens (tertiary/aromatic N) is 13. The molecule has 81 heavy (non-hydrogen) atoms. The number of carbonyl (C=O) groups excluding carboxylic acids is 3. The molecule has 10 aromatic rings. The molecule has 23 heteroatoms. The minimum Gasteiger partial charge on any atom is -0.475 e. The lowest BCUT2D eigenvalue weighted by Crippen LogP contribution is -2.46. The van der Waals surface area contributed by atoms with Crippen LogP contribution in [-0.2, 0) is 0 Å². The number of rotatable bonds is 10. The maximum absolute atomic E-state index is 13.1. The number of benzene rings is 2. The van der Waals surface area contributed by atoms with Crippen LogP contribution in [0.5, 0.6) is 0 Å². The lowest BCUT2D eigenvalue weighted by molar-refractivity contribution is 0.0555. The van der Waals surface area contributed by atoms with Crippen LogP contribution < -0.4 is 16.8 Å². The van der Waals surface area contributed by atoms with Crippen LogP contribution in [0.15, 0.2) is 122 Å². The molecule has 0 spiro atoms. The van der Waals surface area contributed by atoms with Crippen LogP contribution in [-0.4, -0.2) is 127 Å². The van der Waals surface area contributed by atoms with Gasteiger partial charge in [0.15, 0.2) is 22.9 Å². The van der Waals surface area contributed by atoms with Crippen LogP contribution in [0.4, 0.5) is 11.6 Å². The van der Waals surface area contributed by atoms with Crippen LogP contribution in [0.3, 0.4) is 0 Å². The molecule has 4 aliphatic heterocycles. The average Bonchev–Trinajstić information content (AvgIpc) is 4.50. The highest BCUT2D eigenvalue weighted by atomic mass is 16.4. The number of hydrogen-bond donors (Lipinski definition) is 6. The molecule has 408 valence electrons. The number of aromatic carboxylic acids is 1. The fourth-order valence-corrected chi connectivity index (χ4v) is 12.2. The van der Waals surface area contributed by atoms with Crippen LogP contribution in [0.25, 0.3) is 56.1 Å². The third-order valence-corrected chi connectivity index (χ3v) is 15.9. The van der Waals surface area contributed by atoms with E-state index < -0.39 is 5.97 Å². The Hall–Kier alpha value is -9.90. The highest BCUT2D eigenvalue weighted by Gasteiger charge is 2.46. The summed E-state index contributed by atoms with van der Waals surface area (Å²) < 4.78 is 3.13. The average molecular weight is 1090 g/mol. The smallest absolute Gasteiger partial charge is 0.373 e. The van der Waals surface area contributed by atoms with Gasteiger partial charge in [-0.2, -0.15) is 29.4 Å². The standard InChI is InChI=1S/C29H27N9O2.C26H26N6O.C3H3N3O2/c1-16(39)24-25(19-11-20-8-9-21(12-19)37(20)29(40)27-32-15-33-36-27)35-28-22(14-34-38(28)26(24)30)18-7-10-23(31-13-18)17-5-3-2-4-6-17;1-15(33)23-24(18-11-19-8-9-20(12-18)30-19)31-26-21(14-29-32(26)25(23)27)17-7-10-22(28-13-17)16-5-3-2-4-6-16;7-3(8)2-4-1-5-6-2/h2-7,10,13-15,19-21H,8-9,11-12,30H2,1H3,(H,32,33,36);2-7,10,13-14,18-20,30H,8-9,11-12,27H2,1H3;1H,(H,7,8)(H,4,5,6). The van der Waals surface area contributed by atoms with Gasteiger partial charge in [-0.1, -0.05) is 72.8 Å². The zero-order valence-corrected chi connectivity index (χ0v) is 44.2. The van der Waals surface area contributed by atoms with E-state index in [1.165, 1.54) is 30.6 Å². The van der Waals surface area contributed by atoms with E-state index in [0.29, 0.717) is 58.9 Å². The van der Waals surface area contributed by atoms with Gasteiger partial charge in [0.25, 0.3) is 5.91 Å². The highest BCUT2D eigenvalue weighted by Crippen LogP contribution is 2.45. The number of piperidine rings is 2. The van der Waals surface area contributed by atoms with Gasteiger partial charge in [0.05, 0.1) is 46.3 Å². The molecular formula is C58H56N18O5. The number of amides is 1. The quantitative estimate of drug-likeness (QED) is 0.0716. The summed E-state index contributed by atoms with van der Waals surface area (Å²) in [6.45, 7) is 3.07. The maximum atomic E-state index is 13.1. The van der Waals surface area contributed by atoms with Gasteiger partial charge in [-0.25, -0.2) is 24.7 Å². The van der Waals surface area contributed by atoms with Crippen LogP contribution in [0.1, 0.15) is 130 Å². The van der Waals surface area contributed by atoms with Crippen molar-refractivity contribution in [3.63, 3.8) is 0 Å². The number of Topliss-reactive ketones (excluding diaryl/α,β-unsaturated/α-hetero) is 2. The van der Waals surface area contributed by atoms with Gasteiger partial charge in [0.1, 0.15) is 24.3 Å². The number of pyridine rings is 2. The van der Waals surface area contributed by atoms with E-state index >= 15 is 0 Å². The Morgan fingerprint density at radius 1 is 0.543 bits per heavy atom. The summed E-state index contributed by atoms with van der Waals surface area (Å²) in [6, 6.07) is 29.1. The van der Waals surface area contributed by atoms with Crippen molar-refractivity contribution in [1.82, 2.24) is 79.7 Å². The number of ketones is 2. The number of nitrogen functional groups attached to an aromatic ring is 2. The maximum Gasteiger partial charge on any atom is 0.373 e. The monoisotopic (exact) mass is 1080 g/mol. The largest absolute Gasteiger partial charge is 0.475 e. The third-order valence-electron chi connectivity index (χ3n) is 15.9. The number of nitrogens with one attached hydrogen (secondary N) is 3. The molecular weight excluding hydrogens is 1030 g/mol. The number of fused-ring (bicyclic) bond motifs is 6. The summed E-state index contributed by atoms with van der Waals surface area (Å²) in [5, 5.41) is 32.8. The van der Waals surface area contributed by atoms with Crippen molar-refractivity contribution in [2.75, 3.05) is 11.5 Å². The number of carboxylic acid groups (broad SMARTS) is 1. The van der Waals surface area contributed by atoms with Gasteiger partial charge < -0.3 is 26.8 Å². The van der Waals surface area contributed by atoms with Gasteiger partial charge in [-0.15, -0.1) is 0 Å². The van der Waals surface area contributed by atoms with Crippen molar-refractivity contribution in [2.24, 2.45) is 0 Å². The summed E-state index contributed by atoms with van der Waals surface area (Å²) in [5.41, 5.74) is 24.1. The number of carboxylic acids is 1. The number of aromatic amines is 2. The Morgan fingerprint density at radius 3 is 1.40 bits per heavy atom. The number of nitrogens with two attached hydrogens (primary N) is 2. The molecule has 8 N–H and O–H groups in total. The molecule has 14 rings (SSSR count). The number of H-pyrrole nitrogens is 2. The van der Waals surface area contributed by atoms with Gasteiger partial charge in [-0.05, 0) is 77.3 Å². The van der Waals surface area contributed by atoms with Crippen molar-refractivity contribution in [1.29, 1.82) is 0 Å². The van der Waals surface area contributed by atoms with E-state index in [2.05, 4.69) is 55.8 Å². The van der Waals surface area contributed by atoms with E-state index in [4.69, 9.17) is 26.5 Å². The summed E-state index contributed by atoms with van der Waals surface area (Å²) in [6.07, 6.45) is 17.1. The molecule has 4 aliphatic rings. The number of aromatic nitrogens is 14. The zero-order chi connectivity index (χ0) is 55.9. The van der Waals surface area contributed by atoms with E-state index in [1.54, 1.807) is 23.8 Å². The first-order chi connectivity index (χ1) is 39.4. The number of anilines is 2. The van der Waals surface area contributed by atoms with Crippen LogP contribution in [0.2, 0.25) is 0 Å². The molecule has 0 radical (unpaired) electrons. The van der Waals surface area contributed by atoms with Gasteiger partial charge in [-0.3, -0.25) is 34.5 Å². The minimum absolute atomic E-state index is 0.0243. The van der Waals surface area contributed by atoms with E-state index in [1.807, 2.05) is 102 Å². The molecule has 2 aromatic carbocycles. The summed E-state index contributed by atoms with van der Waals surface area (Å²) in [7, 11) is 0. The molecule has 4 fully saturated rings. The van der Waals surface area contributed by atoms with Crippen molar-refractivity contribution >= 4 is 46.4 Å². The molecule has 1 amide bonds. The summed E-state index contributed by atoms with van der Waals surface area (Å²) >= 11 is 0. The fourth-order valence-electron chi connectivity index (χ4n) is 12.2. The lowest BCUT2D eigenvalue weighted by atomic mass is 9.85. The topological polar surface area (TPSA) is 325 Å². The first-order valence-electron chi connectivity index (χ1n) is 26.8. The first-order valence-corrected chi connectivity index (χ1v) is 26.8. The van der Waals surface area contributed by atoms with Gasteiger partial charge in [0, 0.05) is 81.8 Å². The molecule has 0 saturated carbocycles. The van der Waals surface area contributed by atoms with Crippen molar-refractivity contribution in [3.05, 3.63) is 157 Å². The van der Waals surface area contributed by atoms with E-state index in [-0.39, 0.29) is 58.9 Å². The Morgan fingerprint density at radius 2 is 1.00 bits per heavy atom. The molecule has 23 nitrogen and oxygen atoms in total. The predicted octanol–water partition coefficient (Wildman–Crippen LogP) is 7.66. The second-order valence-corrected chi connectivity index (χ2v) is 20.9. The molecule has 4 atom stereocenters. The molecule has 4 saturated heterocycles.